The van der Waals surface area contributed by atoms with Crippen molar-refractivity contribution in [2.75, 3.05) is 27.2 Å². The second-order valence-corrected chi connectivity index (χ2v) is 9.62. The van der Waals surface area contributed by atoms with Crippen LogP contribution < -0.4 is 5.32 Å². The van der Waals surface area contributed by atoms with Gasteiger partial charge in [0.2, 0.25) is 0 Å². The summed E-state index contributed by atoms with van der Waals surface area (Å²) in [7, 11) is 3.95. The van der Waals surface area contributed by atoms with Crippen LogP contribution in [-0.4, -0.2) is 60.9 Å². The van der Waals surface area contributed by atoms with Crippen LogP contribution in [0.15, 0.2) is 54.3 Å². The van der Waals surface area contributed by atoms with Crippen LogP contribution in [0.25, 0.3) is 6.08 Å². The number of ether oxygens (including phenoxy) is 1. The van der Waals surface area contributed by atoms with Crippen molar-refractivity contribution in [3.8, 4) is 0 Å². The molecule has 34 heavy (non-hydrogen) atoms. The Morgan fingerprint density at radius 3 is 2.65 bits per heavy atom. The molecule has 180 valence electrons. The van der Waals surface area contributed by atoms with E-state index < -0.39 is 0 Å². The summed E-state index contributed by atoms with van der Waals surface area (Å²) in [6.45, 7) is 4.05. The molecule has 2 amide bonds. The summed E-state index contributed by atoms with van der Waals surface area (Å²) in [5.41, 5.74) is 3.78. The van der Waals surface area contributed by atoms with E-state index in [2.05, 4.69) is 30.4 Å². The molecule has 1 saturated heterocycles. The number of nitrogens with zero attached hydrogens (tertiary/aromatic N) is 2. The topological polar surface area (TPSA) is 61.9 Å². The molecule has 2 aromatic rings. The van der Waals surface area contributed by atoms with E-state index in [4.69, 9.17) is 4.74 Å². The highest BCUT2D eigenvalue weighted by Crippen LogP contribution is 2.34. The van der Waals surface area contributed by atoms with Crippen LogP contribution in [0.5, 0.6) is 0 Å². The Bertz CT molecular complexity index is 1050. The maximum Gasteiger partial charge on any atom is 0.289 e. The Balaban J connectivity index is 1.50. The lowest BCUT2D eigenvalue weighted by molar-refractivity contribution is -0.149. The molecule has 2 atom stereocenters. The van der Waals surface area contributed by atoms with E-state index >= 15 is 0 Å². The number of morpholine rings is 1. The number of carbonyl (C=O) groups excluding carboxylic acids is 2. The van der Waals surface area contributed by atoms with Crippen LogP contribution in [0, 0.1) is 6.92 Å². The van der Waals surface area contributed by atoms with Gasteiger partial charge in [0.05, 0.1) is 6.04 Å². The quantitative estimate of drug-likeness (QED) is 0.633. The molecule has 1 heterocycles. The molecule has 2 unspecified atom stereocenters. The lowest BCUT2D eigenvalue weighted by atomic mass is 9.89. The van der Waals surface area contributed by atoms with Crippen molar-refractivity contribution in [3.05, 3.63) is 76.5 Å². The first kappa shape index (κ1) is 24.0. The number of rotatable bonds is 7. The van der Waals surface area contributed by atoms with E-state index in [1.807, 2.05) is 48.2 Å². The molecule has 1 aliphatic carbocycles. The van der Waals surface area contributed by atoms with Crippen molar-refractivity contribution in [1.82, 2.24) is 15.1 Å². The average molecular weight is 462 g/mol. The van der Waals surface area contributed by atoms with Gasteiger partial charge in [-0.25, -0.2) is 0 Å². The first-order chi connectivity index (χ1) is 16.4. The summed E-state index contributed by atoms with van der Waals surface area (Å²) in [6.07, 6.45) is 6.03. The Labute approximate surface area is 202 Å². The van der Waals surface area contributed by atoms with E-state index in [-0.39, 0.29) is 24.0 Å². The van der Waals surface area contributed by atoms with E-state index in [0.717, 1.165) is 43.4 Å². The van der Waals surface area contributed by atoms with Gasteiger partial charge in [-0.05, 0) is 69.6 Å². The zero-order valence-corrected chi connectivity index (χ0v) is 20.4. The predicted octanol–water partition coefficient (Wildman–Crippen LogP) is 4.00. The summed E-state index contributed by atoms with van der Waals surface area (Å²) in [5.74, 6) is 0.231. The van der Waals surface area contributed by atoms with Crippen LogP contribution in [0.2, 0.25) is 0 Å². The van der Waals surface area contributed by atoms with Crippen molar-refractivity contribution in [3.63, 3.8) is 0 Å². The van der Waals surface area contributed by atoms with Gasteiger partial charge in [0.25, 0.3) is 11.8 Å². The summed E-state index contributed by atoms with van der Waals surface area (Å²) in [4.78, 5) is 29.9. The average Bonchev–Trinajstić information content (AvgIpc) is 2.82. The summed E-state index contributed by atoms with van der Waals surface area (Å²) in [5, 5.41) is 2.92. The van der Waals surface area contributed by atoms with Crippen molar-refractivity contribution in [2.24, 2.45) is 0 Å². The zero-order valence-electron chi connectivity index (χ0n) is 20.4. The monoisotopic (exact) mass is 461 g/mol. The molecule has 0 radical (unpaired) electrons. The van der Waals surface area contributed by atoms with E-state index in [9.17, 15) is 9.59 Å². The molecular weight excluding hydrogens is 426 g/mol. The van der Waals surface area contributed by atoms with Gasteiger partial charge in [-0.15, -0.1) is 0 Å². The van der Waals surface area contributed by atoms with Crippen molar-refractivity contribution < 1.29 is 14.3 Å². The highest BCUT2D eigenvalue weighted by molar-refractivity contribution is 5.97. The van der Waals surface area contributed by atoms with E-state index in [1.165, 1.54) is 5.56 Å². The minimum atomic E-state index is -0.0968. The number of hydrogen-bond donors (Lipinski definition) is 1. The molecule has 6 nitrogen and oxygen atoms in total. The number of hydrogen-bond acceptors (Lipinski definition) is 4. The predicted molar refractivity (Wildman–Crippen MR) is 134 cm³/mol. The van der Waals surface area contributed by atoms with Crippen molar-refractivity contribution in [2.45, 2.75) is 51.3 Å². The SMILES string of the molecule is Cc1cccc(CN2C(=O)/C(=C\c3ccc(C(=O)NCCN(C)C)cc3)OC3CCCCC32)c1. The molecule has 1 N–H and O–H groups in total. The van der Waals surface area contributed by atoms with Crippen LogP contribution in [0.3, 0.4) is 0 Å². The fourth-order valence-corrected chi connectivity index (χ4v) is 4.75. The number of likely N-dealkylation sites (N-methyl/N-ethyl adjacent to an activating group) is 1. The second-order valence-electron chi connectivity index (χ2n) is 9.62. The third-order valence-corrected chi connectivity index (χ3v) is 6.57. The maximum absolute atomic E-state index is 13.5. The highest BCUT2D eigenvalue weighted by Gasteiger charge is 2.41. The van der Waals surface area contributed by atoms with Crippen molar-refractivity contribution in [1.29, 1.82) is 0 Å². The minimum Gasteiger partial charge on any atom is -0.482 e. The van der Waals surface area contributed by atoms with Gasteiger partial charge >= 0.3 is 0 Å². The van der Waals surface area contributed by atoms with Crippen LogP contribution in [0.4, 0.5) is 0 Å². The Hall–Kier alpha value is -3.12. The summed E-state index contributed by atoms with van der Waals surface area (Å²) >= 11 is 0. The zero-order chi connectivity index (χ0) is 24.1. The minimum absolute atomic E-state index is 0.0317. The number of aryl methyl sites for hydroxylation is 1. The molecule has 0 spiro atoms. The number of fused-ring (bicyclic) bond motifs is 1. The molecule has 4 rings (SSSR count). The molecule has 6 heteroatoms. The maximum atomic E-state index is 13.5. The molecule has 1 aliphatic heterocycles. The lowest BCUT2D eigenvalue weighted by Crippen LogP contribution is -2.54. The second kappa shape index (κ2) is 10.9. The normalized spacial score (nSPS) is 21.4. The van der Waals surface area contributed by atoms with Gasteiger partial charge in [0, 0.05) is 25.2 Å². The lowest BCUT2D eigenvalue weighted by Gasteiger charge is -2.44. The van der Waals surface area contributed by atoms with Crippen LogP contribution >= 0.6 is 0 Å². The Morgan fingerprint density at radius 2 is 1.91 bits per heavy atom. The standard InChI is InChI=1S/C28H35N3O3/c1-20-7-6-8-22(17-20)19-31-24-9-4-5-10-25(24)34-26(28(31)33)18-21-11-13-23(14-12-21)27(32)29-15-16-30(2)3/h6-8,11-14,17-18,24-25H,4-5,9-10,15-16,19H2,1-3H3,(H,29,32)/b26-18+. The fourth-order valence-electron chi connectivity index (χ4n) is 4.75. The largest absolute Gasteiger partial charge is 0.482 e. The molecule has 2 aromatic carbocycles. The third-order valence-electron chi connectivity index (χ3n) is 6.57. The highest BCUT2D eigenvalue weighted by atomic mass is 16.5. The molecule has 0 aromatic heterocycles. The molecular formula is C28H35N3O3. The molecule has 2 aliphatic rings. The van der Waals surface area contributed by atoms with Gasteiger partial charge in [-0.2, -0.15) is 0 Å². The number of benzene rings is 2. The van der Waals surface area contributed by atoms with E-state index in [0.29, 0.717) is 24.4 Å². The van der Waals surface area contributed by atoms with Gasteiger partial charge in [0.15, 0.2) is 5.76 Å². The van der Waals surface area contributed by atoms with Crippen LogP contribution in [0.1, 0.15) is 52.7 Å². The first-order valence-corrected chi connectivity index (χ1v) is 12.2. The Morgan fingerprint density at radius 1 is 1.15 bits per heavy atom. The first-order valence-electron chi connectivity index (χ1n) is 12.2. The molecule has 2 fully saturated rings. The van der Waals surface area contributed by atoms with E-state index in [1.54, 1.807) is 12.1 Å². The molecule has 1 saturated carbocycles. The van der Waals surface area contributed by atoms with Crippen LogP contribution in [-0.2, 0) is 16.1 Å². The molecule has 0 bridgehead atoms. The van der Waals surface area contributed by atoms with Gasteiger partial charge in [0.1, 0.15) is 6.10 Å². The summed E-state index contributed by atoms with van der Waals surface area (Å²) in [6, 6.07) is 15.8. The van der Waals surface area contributed by atoms with Gasteiger partial charge in [-0.3, -0.25) is 9.59 Å². The smallest absolute Gasteiger partial charge is 0.289 e. The third kappa shape index (κ3) is 5.86. The fraction of sp³-hybridized carbons (Fsp3) is 0.429. The van der Waals surface area contributed by atoms with Gasteiger partial charge in [-0.1, -0.05) is 48.4 Å². The number of carbonyl (C=O) groups is 2. The number of nitrogens with one attached hydrogen (secondary N) is 1. The summed E-state index contributed by atoms with van der Waals surface area (Å²) < 4.78 is 6.24. The van der Waals surface area contributed by atoms with Gasteiger partial charge < -0.3 is 19.9 Å². The Kier molecular flexibility index (Phi) is 7.68. The van der Waals surface area contributed by atoms with Crippen molar-refractivity contribution >= 4 is 17.9 Å². The number of amides is 2.